The molecule has 0 radical (unpaired) electrons. The van der Waals surface area contributed by atoms with Crippen LogP contribution in [0.3, 0.4) is 0 Å². The quantitative estimate of drug-likeness (QED) is 0.190. The molecule has 2 rings (SSSR count). The molecule has 10 nitrogen and oxygen atoms in total. The van der Waals surface area contributed by atoms with Crippen LogP contribution in [0.2, 0.25) is 0 Å². The summed E-state index contributed by atoms with van der Waals surface area (Å²) in [6.45, 7) is 21.1. The normalized spacial score (nSPS) is 22.8. The van der Waals surface area contributed by atoms with Gasteiger partial charge >= 0.3 is 6.09 Å². The van der Waals surface area contributed by atoms with Crippen LogP contribution in [-0.4, -0.2) is 71.3 Å². The van der Waals surface area contributed by atoms with Gasteiger partial charge in [0.05, 0.1) is 6.04 Å². The Morgan fingerprint density at radius 1 is 1.07 bits per heavy atom. The maximum absolute atomic E-state index is 14.0. The van der Waals surface area contributed by atoms with Gasteiger partial charge in [0.15, 0.2) is 0 Å². The second kappa shape index (κ2) is 12.7. The van der Waals surface area contributed by atoms with Gasteiger partial charge in [0, 0.05) is 13.1 Å². The Balaban J connectivity index is 2.30. The number of ketones is 1. The first-order chi connectivity index (χ1) is 18.4. The monoisotopic (exact) mass is 562 g/mol. The summed E-state index contributed by atoms with van der Waals surface area (Å²) >= 11 is 0. The fraction of sp³-hybridized carbons (Fsp3) is 0.767. The summed E-state index contributed by atoms with van der Waals surface area (Å²) in [5, 5.41) is 8.13. The molecule has 10 heteroatoms. The number of alkyl carbamates (subject to hydrolysis) is 1. The summed E-state index contributed by atoms with van der Waals surface area (Å²) in [5.74, 6) is -2.26. The first-order valence-corrected chi connectivity index (χ1v) is 14.4. The molecular formula is C30H50N4O6. The first-order valence-electron chi connectivity index (χ1n) is 14.4. The molecule has 2 fully saturated rings. The van der Waals surface area contributed by atoms with Gasteiger partial charge in [-0.05, 0) is 56.3 Å². The average Bonchev–Trinajstić information content (AvgIpc) is 3.15. The van der Waals surface area contributed by atoms with Crippen LogP contribution in [0.4, 0.5) is 4.79 Å². The Morgan fingerprint density at radius 3 is 2.23 bits per heavy atom. The topological polar surface area (TPSA) is 134 Å². The zero-order valence-electron chi connectivity index (χ0n) is 25.8. The predicted molar refractivity (Wildman–Crippen MR) is 153 cm³/mol. The lowest BCUT2D eigenvalue weighted by Gasteiger charge is -2.38. The number of nitrogens with zero attached hydrogens (tertiary/aromatic N) is 1. The van der Waals surface area contributed by atoms with E-state index in [1.165, 1.54) is 4.90 Å². The molecule has 226 valence electrons. The van der Waals surface area contributed by atoms with Gasteiger partial charge in [-0.1, -0.05) is 60.5 Å². The van der Waals surface area contributed by atoms with Gasteiger partial charge < -0.3 is 25.6 Å². The zero-order chi connectivity index (χ0) is 30.6. The molecule has 2 aliphatic rings. The van der Waals surface area contributed by atoms with Crippen molar-refractivity contribution in [3.8, 4) is 0 Å². The molecule has 0 aromatic heterocycles. The number of fused-ring (bicyclic) bond motifs is 1. The largest absolute Gasteiger partial charge is 0.444 e. The number of nitrogens with one attached hydrogen (secondary N) is 3. The summed E-state index contributed by atoms with van der Waals surface area (Å²) in [7, 11) is 0. The van der Waals surface area contributed by atoms with Crippen LogP contribution in [0.15, 0.2) is 12.7 Å². The molecule has 1 aliphatic heterocycles. The zero-order valence-corrected chi connectivity index (χ0v) is 25.8. The number of amides is 4. The Bertz CT molecular complexity index is 993. The van der Waals surface area contributed by atoms with Crippen molar-refractivity contribution in [3.63, 3.8) is 0 Å². The minimum absolute atomic E-state index is 0.0954. The van der Waals surface area contributed by atoms with Crippen LogP contribution < -0.4 is 16.0 Å². The van der Waals surface area contributed by atoms with Gasteiger partial charge in [-0.3, -0.25) is 19.2 Å². The van der Waals surface area contributed by atoms with Crippen LogP contribution >= 0.6 is 0 Å². The number of hydrogen-bond acceptors (Lipinski definition) is 6. The SMILES string of the molecule is C=CCCNC(=O)C(=O)C(CCCC)NC(=O)[C@@H]1[C@@H]2[C@H](CN1C(=O)C(NC(=O)OC(C)(C)C)C(C)(C)C)C2(C)C. The predicted octanol–water partition coefficient (Wildman–Crippen LogP) is 3.35. The highest BCUT2D eigenvalue weighted by molar-refractivity contribution is 6.38. The molecule has 40 heavy (non-hydrogen) atoms. The number of hydrogen-bond donors (Lipinski definition) is 3. The Kier molecular flexibility index (Phi) is 10.6. The van der Waals surface area contributed by atoms with Crippen molar-refractivity contribution >= 4 is 29.6 Å². The summed E-state index contributed by atoms with van der Waals surface area (Å²) in [6, 6.07) is -2.75. The number of Topliss-reactive ketones (excluding diaryl/α,β-unsaturated/α-hetero) is 1. The van der Waals surface area contributed by atoms with Crippen molar-refractivity contribution in [1.29, 1.82) is 0 Å². The molecule has 5 atom stereocenters. The van der Waals surface area contributed by atoms with Crippen LogP contribution in [0, 0.1) is 22.7 Å². The number of unbranched alkanes of at least 4 members (excludes halogenated alkanes) is 1. The number of carbonyl (C=O) groups is 5. The maximum Gasteiger partial charge on any atom is 0.408 e. The van der Waals surface area contributed by atoms with Crippen LogP contribution in [0.25, 0.3) is 0 Å². The molecule has 3 N–H and O–H groups in total. The fourth-order valence-corrected chi connectivity index (χ4v) is 5.52. The highest BCUT2D eigenvalue weighted by Gasteiger charge is 2.70. The van der Waals surface area contributed by atoms with Gasteiger partial charge in [-0.2, -0.15) is 0 Å². The first kappa shape index (κ1) is 33.3. The van der Waals surface area contributed by atoms with E-state index in [2.05, 4.69) is 36.4 Å². The Morgan fingerprint density at radius 2 is 1.70 bits per heavy atom. The summed E-state index contributed by atoms with van der Waals surface area (Å²) in [4.78, 5) is 67.5. The van der Waals surface area contributed by atoms with Crippen LogP contribution in [-0.2, 0) is 23.9 Å². The molecule has 1 saturated heterocycles. The number of carbonyl (C=O) groups excluding carboxylic acids is 5. The number of ether oxygens (including phenoxy) is 1. The van der Waals surface area contributed by atoms with E-state index in [9.17, 15) is 24.0 Å². The molecule has 0 spiro atoms. The molecule has 2 unspecified atom stereocenters. The van der Waals surface area contributed by atoms with Crippen LogP contribution in [0.5, 0.6) is 0 Å². The molecule has 1 heterocycles. The van der Waals surface area contributed by atoms with Crippen LogP contribution in [0.1, 0.15) is 88.0 Å². The van der Waals surface area contributed by atoms with E-state index in [0.717, 1.165) is 6.42 Å². The van der Waals surface area contributed by atoms with E-state index in [4.69, 9.17) is 4.74 Å². The van der Waals surface area contributed by atoms with Gasteiger partial charge in [-0.15, -0.1) is 6.58 Å². The summed E-state index contributed by atoms with van der Waals surface area (Å²) in [5.41, 5.74) is -1.56. The smallest absolute Gasteiger partial charge is 0.408 e. The van der Waals surface area contributed by atoms with Gasteiger partial charge in [-0.25, -0.2) is 4.79 Å². The van der Waals surface area contributed by atoms with E-state index in [1.807, 2.05) is 27.7 Å². The van der Waals surface area contributed by atoms with E-state index in [-0.39, 0.29) is 29.7 Å². The third-order valence-corrected chi connectivity index (χ3v) is 7.87. The fourth-order valence-electron chi connectivity index (χ4n) is 5.52. The minimum Gasteiger partial charge on any atom is -0.444 e. The molecular weight excluding hydrogens is 512 g/mol. The highest BCUT2D eigenvalue weighted by atomic mass is 16.6. The molecule has 0 aromatic carbocycles. The third kappa shape index (κ3) is 8.07. The molecule has 1 saturated carbocycles. The summed E-state index contributed by atoms with van der Waals surface area (Å²) < 4.78 is 5.41. The molecule has 1 aliphatic carbocycles. The van der Waals surface area contributed by atoms with Crippen molar-refractivity contribution in [2.24, 2.45) is 22.7 Å². The number of rotatable bonds is 12. The van der Waals surface area contributed by atoms with Gasteiger partial charge in [0.25, 0.3) is 5.91 Å². The third-order valence-electron chi connectivity index (χ3n) is 7.87. The lowest BCUT2D eigenvalue weighted by Crippen LogP contribution is -2.60. The average molecular weight is 563 g/mol. The Hall–Kier alpha value is -2.91. The second-order valence-electron chi connectivity index (χ2n) is 13.7. The van der Waals surface area contributed by atoms with E-state index < -0.39 is 52.8 Å². The summed E-state index contributed by atoms with van der Waals surface area (Å²) in [6.07, 6.45) is 3.20. The standard InChI is InChI=1S/C30H50N4O6/c1-11-13-15-19(22(35)25(37)31-16-14-12-2)32-24(36)21-20-18(30(20,9)10)17-34(21)26(38)23(28(3,4)5)33-27(39)40-29(6,7)8/h12,18-21,23H,2,11,13-17H2,1,3-10H3,(H,31,37)(H,32,36)(H,33,39)/t18-,19?,20-,21-,23?/m0/s1. The van der Waals surface area contributed by atoms with E-state index in [0.29, 0.717) is 25.8 Å². The Labute approximate surface area is 239 Å². The van der Waals surface area contributed by atoms with E-state index in [1.54, 1.807) is 26.8 Å². The van der Waals surface area contributed by atoms with Gasteiger partial charge in [0.1, 0.15) is 17.7 Å². The molecule has 0 aromatic rings. The minimum atomic E-state index is -0.993. The van der Waals surface area contributed by atoms with Crippen molar-refractivity contribution in [1.82, 2.24) is 20.9 Å². The second-order valence-corrected chi connectivity index (χ2v) is 13.7. The highest BCUT2D eigenvalue weighted by Crippen LogP contribution is 2.65. The van der Waals surface area contributed by atoms with E-state index >= 15 is 0 Å². The molecule has 4 amide bonds. The lowest BCUT2D eigenvalue weighted by atomic mass is 9.85. The number of likely N-dealkylation sites (tertiary alicyclic amines) is 1. The molecule has 0 bridgehead atoms. The van der Waals surface area contributed by atoms with Crippen molar-refractivity contribution in [2.75, 3.05) is 13.1 Å². The van der Waals surface area contributed by atoms with Crippen molar-refractivity contribution in [2.45, 2.75) is 112 Å². The van der Waals surface area contributed by atoms with Gasteiger partial charge in [0.2, 0.25) is 17.6 Å². The maximum atomic E-state index is 14.0. The lowest BCUT2D eigenvalue weighted by molar-refractivity contribution is -0.145. The van der Waals surface area contributed by atoms with Crippen molar-refractivity contribution < 1.29 is 28.7 Å². The number of piperidine rings is 1. The van der Waals surface area contributed by atoms with Crippen molar-refractivity contribution in [3.05, 3.63) is 12.7 Å².